The Morgan fingerprint density at radius 3 is 2.88 bits per heavy atom. The van der Waals surface area contributed by atoms with Crippen LogP contribution in [0.3, 0.4) is 0 Å². The van der Waals surface area contributed by atoms with Gasteiger partial charge in [-0.15, -0.1) is 10.2 Å². The van der Waals surface area contributed by atoms with Crippen LogP contribution in [0.15, 0.2) is 24.5 Å². The molecule has 1 aliphatic carbocycles. The van der Waals surface area contributed by atoms with Gasteiger partial charge in [0.15, 0.2) is 6.61 Å². The molecule has 134 valence electrons. The van der Waals surface area contributed by atoms with Crippen molar-refractivity contribution in [2.24, 2.45) is 7.05 Å². The molecule has 1 saturated carbocycles. The first kappa shape index (κ1) is 17.3. The second-order valence-corrected chi connectivity index (χ2v) is 6.68. The molecule has 1 fully saturated rings. The van der Waals surface area contributed by atoms with Crippen molar-refractivity contribution in [3.05, 3.63) is 36.2 Å². The molecular weight excluding hydrogens is 320 g/mol. The Bertz CT molecular complexity index is 709. The van der Waals surface area contributed by atoms with Crippen molar-refractivity contribution in [3.8, 4) is 5.75 Å². The maximum atomic E-state index is 12.0. The highest BCUT2D eigenvalue weighted by molar-refractivity contribution is 5.78. The van der Waals surface area contributed by atoms with Gasteiger partial charge in [-0.2, -0.15) is 0 Å². The zero-order valence-electron chi connectivity index (χ0n) is 14.8. The minimum atomic E-state index is -0.112. The summed E-state index contributed by atoms with van der Waals surface area (Å²) in [6.07, 6.45) is 5.02. The molecule has 0 aliphatic heterocycles. The third-order valence-corrected chi connectivity index (χ3v) is 4.33. The minimum absolute atomic E-state index is 0.00377. The lowest BCUT2D eigenvalue weighted by Gasteiger charge is -2.35. The van der Waals surface area contributed by atoms with Gasteiger partial charge in [0.05, 0.1) is 12.7 Å². The number of hydrogen-bond acceptors (Lipinski definition) is 6. The van der Waals surface area contributed by atoms with Crippen molar-refractivity contribution < 1.29 is 9.53 Å². The van der Waals surface area contributed by atoms with E-state index in [1.807, 2.05) is 21.1 Å². The summed E-state index contributed by atoms with van der Waals surface area (Å²) in [6.45, 7) is 0.770. The van der Waals surface area contributed by atoms with E-state index in [2.05, 4.69) is 30.0 Å². The molecule has 0 atom stereocenters. The van der Waals surface area contributed by atoms with Crippen LogP contribution in [-0.2, 0) is 18.4 Å². The molecule has 1 amide bonds. The number of carbonyl (C=O) groups excluding carboxylic acids is 1. The van der Waals surface area contributed by atoms with Crippen molar-refractivity contribution in [3.63, 3.8) is 0 Å². The van der Waals surface area contributed by atoms with Crippen LogP contribution >= 0.6 is 0 Å². The molecule has 0 saturated heterocycles. The van der Waals surface area contributed by atoms with E-state index in [1.165, 1.54) is 0 Å². The van der Waals surface area contributed by atoms with Crippen LogP contribution in [0.25, 0.3) is 0 Å². The van der Waals surface area contributed by atoms with E-state index in [-0.39, 0.29) is 18.6 Å². The standard InChI is InChI=1S/C17H24N6O2/c1-22(2)10-15-20-21-17(23(15)3)12-7-13(8-12)19-16(24)11-25-14-5-4-6-18-9-14/h4-6,9,12-13H,7-8,10-11H2,1-3H3,(H,19,24). The first-order chi connectivity index (χ1) is 12.0. The highest BCUT2D eigenvalue weighted by atomic mass is 16.5. The topological polar surface area (TPSA) is 85.2 Å². The van der Waals surface area contributed by atoms with E-state index in [0.717, 1.165) is 31.0 Å². The third kappa shape index (κ3) is 4.33. The Balaban J connectivity index is 1.43. The van der Waals surface area contributed by atoms with Crippen molar-refractivity contribution in [1.82, 2.24) is 30.0 Å². The van der Waals surface area contributed by atoms with Gasteiger partial charge in [0.25, 0.3) is 5.91 Å². The molecular formula is C17H24N6O2. The molecule has 1 N–H and O–H groups in total. The van der Waals surface area contributed by atoms with Gasteiger partial charge in [-0.25, -0.2) is 0 Å². The monoisotopic (exact) mass is 344 g/mol. The van der Waals surface area contributed by atoms with Crippen LogP contribution in [-0.4, -0.2) is 57.3 Å². The van der Waals surface area contributed by atoms with Crippen LogP contribution in [0.1, 0.15) is 30.4 Å². The lowest BCUT2D eigenvalue weighted by atomic mass is 9.79. The van der Waals surface area contributed by atoms with E-state index in [1.54, 1.807) is 24.5 Å². The summed E-state index contributed by atoms with van der Waals surface area (Å²) < 4.78 is 7.47. The fourth-order valence-corrected chi connectivity index (χ4v) is 2.95. The lowest BCUT2D eigenvalue weighted by Crippen LogP contribution is -2.45. The maximum absolute atomic E-state index is 12.0. The number of amides is 1. The first-order valence-corrected chi connectivity index (χ1v) is 8.38. The fourth-order valence-electron chi connectivity index (χ4n) is 2.95. The van der Waals surface area contributed by atoms with Crippen LogP contribution in [0.5, 0.6) is 5.75 Å². The summed E-state index contributed by atoms with van der Waals surface area (Å²) in [5.74, 6) is 2.78. The van der Waals surface area contributed by atoms with Crippen molar-refractivity contribution in [2.45, 2.75) is 31.3 Å². The van der Waals surface area contributed by atoms with Gasteiger partial charge in [-0.1, -0.05) is 0 Å². The molecule has 8 nitrogen and oxygen atoms in total. The molecule has 2 heterocycles. The van der Waals surface area contributed by atoms with Crippen LogP contribution in [0.4, 0.5) is 0 Å². The number of ether oxygens (including phenoxy) is 1. The molecule has 0 spiro atoms. The molecule has 8 heteroatoms. The number of aromatic nitrogens is 4. The number of rotatable bonds is 7. The van der Waals surface area contributed by atoms with E-state index < -0.39 is 0 Å². The summed E-state index contributed by atoms with van der Waals surface area (Å²) in [4.78, 5) is 18.0. The minimum Gasteiger partial charge on any atom is -0.482 e. The maximum Gasteiger partial charge on any atom is 0.258 e. The van der Waals surface area contributed by atoms with Gasteiger partial charge in [0, 0.05) is 25.2 Å². The fraction of sp³-hybridized carbons (Fsp3) is 0.529. The largest absolute Gasteiger partial charge is 0.482 e. The zero-order valence-corrected chi connectivity index (χ0v) is 14.8. The first-order valence-electron chi connectivity index (χ1n) is 8.38. The van der Waals surface area contributed by atoms with Crippen molar-refractivity contribution >= 4 is 5.91 Å². The van der Waals surface area contributed by atoms with Gasteiger partial charge in [0.1, 0.15) is 17.4 Å². The van der Waals surface area contributed by atoms with E-state index in [0.29, 0.717) is 11.7 Å². The van der Waals surface area contributed by atoms with Gasteiger partial charge >= 0.3 is 0 Å². The Hall–Kier alpha value is -2.48. The second-order valence-electron chi connectivity index (χ2n) is 6.68. The average Bonchev–Trinajstić information content (AvgIpc) is 2.89. The highest BCUT2D eigenvalue weighted by Gasteiger charge is 2.34. The molecule has 0 unspecified atom stereocenters. The molecule has 0 bridgehead atoms. The zero-order chi connectivity index (χ0) is 17.8. The number of hydrogen-bond donors (Lipinski definition) is 1. The number of carbonyl (C=O) groups is 1. The molecule has 25 heavy (non-hydrogen) atoms. The van der Waals surface area contributed by atoms with Crippen LogP contribution in [0, 0.1) is 0 Å². The Labute approximate surface area is 147 Å². The molecule has 2 aromatic rings. The lowest BCUT2D eigenvalue weighted by molar-refractivity contribution is -0.124. The van der Waals surface area contributed by atoms with Crippen molar-refractivity contribution in [2.75, 3.05) is 20.7 Å². The van der Waals surface area contributed by atoms with Gasteiger partial charge in [-0.3, -0.25) is 9.78 Å². The molecule has 3 rings (SSSR count). The average molecular weight is 344 g/mol. The Kier molecular flexibility index (Phi) is 5.28. The summed E-state index contributed by atoms with van der Waals surface area (Å²) in [7, 11) is 6.02. The summed E-state index contributed by atoms with van der Waals surface area (Å²) in [5, 5.41) is 11.6. The smallest absolute Gasteiger partial charge is 0.258 e. The summed E-state index contributed by atoms with van der Waals surface area (Å²) in [6, 6.07) is 3.72. The van der Waals surface area contributed by atoms with Crippen LogP contribution in [0.2, 0.25) is 0 Å². The molecule has 2 aromatic heterocycles. The molecule has 1 aliphatic rings. The third-order valence-electron chi connectivity index (χ3n) is 4.33. The Morgan fingerprint density at radius 1 is 1.40 bits per heavy atom. The summed E-state index contributed by atoms with van der Waals surface area (Å²) in [5.41, 5.74) is 0. The Morgan fingerprint density at radius 2 is 2.20 bits per heavy atom. The SMILES string of the molecule is CN(C)Cc1nnc(C2CC(NC(=O)COc3cccnc3)C2)n1C. The predicted molar refractivity (Wildman–Crippen MR) is 92.0 cm³/mol. The second kappa shape index (κ2) is 7.60. The molecule has 0 radical (unpaired) electrons. The van der Waals surface area contributed by atoms with E-state index in [9.17, 15) is 4.79 Å². The highest BCUT2D eigenvalue weighted by Crippen LogP contribution is 2.35. The summed E-state index contributed by atoms with van der Waals surface area (Å²) >= 11 is 0. The molecule has 0 aromatic carbocycles. The quantitative estimate of drug-likeness (QED) is 0.796. The normalized spacial score (nSPS) is 19.5. The van der Waals surface area contributed by atoms with Crippen molar-refractivity contribution in [1.29, 1.82) is 0 Å². The van der Waals surface area contributed by atoms with E-state index >= 15 is 0 Å². The van der Waals surface area contributed by atoms with Gasteiger partial charge in [-0.05, 0) is 39.1 Å². The van der Waals surface area contributed by atoms with Gasteiger partial charge in [0.2, 0.25) is 0 Å². The number of nitrogens with zero attached hydrogens (tertiary/aromatic N) is 5. The van der Waals surface area contributed by atoms with Gasteiger partial charge < -0.3 is 19.5 Å². The number of pyridine rings is 1. The predicted octanol–water partition coefficient (Wildman–Crippen LogP) is 0.713. The van der Waals surface area contributed by atoms with Crippen LogP contribution < -0.4 is 10.1 Å². The number of nitrogens with one attached hydrogen (secondary N) is 1. The van der Waals surface area contributed by atoms with E-state index in [4.69, 9.17) is 4.74 Å².